The third-order valence-corrected chi connectivity index (χ3v) is 4.95. The van der Waals surface area contributed by atoms with E-state index in [1.807, 2.05) is 78.9 Å². The van der Waals surface area contributed by atoms with Crippen molar-refractivity contribution in [2.45, 2.75) is 40.7 Å². The molecule has 0 aromatic heterocycles. The van der Waals surface area contributed by atoms with Crippen LogP contribution < -0.4 is 0 Å². The minimum absolute atomic E-state index is 0. The van der Waals surface area contributed by atoms with Gasteiger partial charge in [-0.05, 0) is 40.7 Å². The molecular formula is C31H36O2. The first-order chi connectivity index (χ1) is 16.2. The molecule has 0 unspecified atom stereocenters. The Labute approximate surface area is 201 Å². The lowest BCUT2D eigenvalue weighted by atomic mass is 10.0. The fourth-order valence-corrected chi connectivity index (χ4v) is 3.33. The summed E-state index contributed by atoms with van der Waals surface area (Å²) in [4.78, 5) is 10.8. The fraction of sp³-hybridized carbons (Fsp3) is 0.194. The van der Waals surface area contributed by atoms with Gasteiger partial charge in [-0.1, -0.05) is 130 Å². The lowest BCUT2D eigenvalue weighted by molar-refractivity contribution is 0.112. The Morgan fingerprint density at radius 3 is 1.55 bits per heavy atom. The SMILES string of the molecule is C.O=Cc1ccccc1Cc1ccccc1.OCc1ccccc1Cc1ccccc1.[2H]CC. The molecule has 4 rings (SSSR count). The van der Waals surface area contributed by atoms with E-state index in [2.05, 4.69) is 30.3 Å². The van der Waals surface area contributed by atoms with Gasteiger partial charge >= 0.3 is 0 Å². The molecule has 0 saturated heterocycles. The Kier molecular flexibility index (Phi) is 12.6. The number of hydrogen-bond acceptors (Lipinski definition) is 2. The maximum atomic E-state index is 10.8. The van der Waals surface area contributed by atoms with Gasteiger partial charge in [0.05, 0.1) is 6.61 Å². The van der Waals surface area contributed by atoms with Gasteiger partial charge < -0.3 is 5.11 Å². The Hall–Kier alpha value is -3.49. The van der Waals surface area contributed by atoms with Gasteiger partial charge in [0.1, 0.15) is 6.29 Å². The van der Waals surface area contributed by atoms with Crippen molar-refractivity contribution in [1.82, 2.24) is 0 Å². The van der Waals surface area contributed by atoms with Crippen LogP contribution in [0.15, 0.2) is 109 Å². The first-order valence-electron chi connectivity index (χ1n) is 11.5. The molecular weight excluding hydrogens is 404 g/mol. The van der Waals surface area contributed by atoms with E-state index in [0.29, 0.717) is 6.90 Å². The third-order valence-electron chi connectivity index (χ3n) is 4.95. The van der Waals surface area contributed by atoms with Crippen LogP contribution >= 0.6 is 0 Å². The molecule has 0 aliphatic heterocycles. The highest BCUT2D eigenvalue weighted by Gasteiger charge is 2.01. The molecule has 2 heteroatoms. The summed E-state index contributed by atoms with van der Waals surface area (Å²) in [5.74, 6) is 0. The molecule has 0 fully saturated rings. The number of hydrogen-bond donors (Lipinski definition) is 1. The highest BCUT2D eigenvalue weighted by atomic mass is 16.3. The quantitative estimate of drug-likeness (QED) is 0.314. The number of carbonyl (C=O) groups is 1. The van der Waals surface area contributed by atoms with E-state index in [4.69, 9.17) is 1.37 Å². The van der Waals surface area contributed by atoms with E-state index in [1.54, 1.807) is 6.92 Å². The summed E-state index contributed by atoms with van der Waals surface area (Å²) < 4.78 is 6.21. The zero-order chi connectivity index (χ0) is 23.7. The fourth-order valence-electron chi connectivity index (χ4n) is 3.33. The van der Waals surface area contributed by atoms with Gasteiger partial charge in [-0.25, -0.2) is 0 Å². The van der Waals surface area contributed by atoms with Crippen LogP contribution in [-0.2, 0) is 19.4 Å². The zero-order valence-corrected chi connectivity index (χ0v) is 18.7. The van der Waals surface area contributed by atoms with Crippen LogP contribution in [-0.4, -0.2) is 11.4 Å². The number of aliphatic hydroxyl groups excluding tert-OH is 1. The molecule has 0 bridgehead atoms. The smallest absolute Gasteiger partial charge is 0.150 e. The molecule has 2 nitrogen and oxygen atoms in total. The van der Waals surface area contributed by atoms with Crippen molar-refractivity contribution >= 4 is 6.29 Å². The van der Waals surface area contributed by atoms with Crippen LogP contribution in [0.3, 0.4) is 0 Å². The zero-order valence-electron chi connectivity index (χ0n) is 19.7. The molecule has 1 N–H and O–H groups in total. The van der Waals surface area contributed by atoms with Crippen LogP contribution in [0, 0.1) is 0 Å². The van der Waals surface area contributed by atoms with Crippen molar-refractivity contribution in [3.8, 4) is 0 Å². The van der Waals surface area contributed by atoms with Crippen LogP contribution in [0.1, 0.15) is 60.8 Å². The van der Waals surface area contributed by atoms with Crippen molar-refractivity contribution in [3.63, 3.8) is 0 Å². The molecule has 0 amide bonds. The highest BCUT2D eigenvalue weighted by molar-refractivity contribution is 5.77. The van der Waals surface area contributed by atoms with Gasteiger partial charge in [0, 0.05) is 6.93 Å². The second-order valence-electron chi connectivity index (χ2n) is 7.07. The predicted octanol–water partition coefficient (Wildman–Crippen LogP) is 7.52. The maximum absolute atomic E-state index is 10.8. The Bertz CT molecular complexity index is 1060. The summed E-state index contributed by atoms with van der Waals surface area (Å²) >= 11 is 0. The number of rotatable bonds is 6. The largest absolute Gasteiger partial charge is 0.392 e. The van der Waals surface area contributed by atoms with E-state index in [9.17, 15) is 9.90 Å². The Balaban J connectivity index is 0.000000297. The van der Waals surface area contributed by atoms with Crippen molar-refractivity contribution in [3.05, 3.63) is 143 Å². The van der Waals surface area contributed by atoms with Gasteiger partial charge in [0.25, 0.3) is 0 Å². The molecule has 0 aliphatic carbocycles. The molecule has 172 valence electrons. The van der Waals surface area contributed by atoms with E-state index < -0.39 is 0 Å². The minimum Gasteiger partial charge on any atom is -0.392 e. The monoisotopic (exact) mass is 441 g/mol. The predicted molar refractivity (Wildman–Crippen MR) is 141 cm³/mol. The van der Waals surface area contributed by atoms with Gasteiger partial charge in [-0.15, -0.1) is 0 Å². The van der Waals surface area contributed by atoms with Gasteiger partial charge in [-0.2, -0.15) is 0 Å². The average Bonchev–Trinajstić information content (AvgIpc) is 2.87. The van der Waals surface area contributed by atoms with Crippen molar-refractivity contribution in [1.29, 1.82) is 0 Å². The Morgan fingerprint density at radius 1 is 0.667 bits per heavy atom. The summed E-state index contributed by atoms with van der Waals surface area (Å²) in [5, 5.41) is 9.20. The summed E-state index contributed by atoms with van der Waals surface area (Å²) in [6.07, 6.45) is 2.62. The lowest BCUT2D eigenvalue weighted by Crippen LogP contribution is -1.94. The average molecular weight is 442 g/mol. The van der Waals surface area contributed by atoms with Gasteiger partial charge in [0.2, 0.25) is 0 Å². The van der Waals surface area contributed by atoms with Crippen LogP contribution in [0.5, 0.6) is 0 Å². The van der Waals surface area contributed by atoms with Crippen molar-refractivity contribution in [2.75, 3.05) is 0 Å². The number of benzene rings is 4. The summed E-state index contributed by atoms with van der Waals surface area (Å²) in [5.41, 5.74) is 6.58. The molecule has 4 aromatic rings. The molecule has 0 spiro atoms. The normalized spacial score (nSPS) is 9.70. The maximum Gasteiger partial charge on any atom is 0.150 e. The molecule has 0 saturated carbocycles. The molecule has 0 heterocycles. The van der Waals surface area contributed by atoms with Crippen molar-refractivity contribution in [2.24, 2.45) is 0 Å². The standard InChI is InChI=1S/C14H14O.C14H12O.C2H6.CH4/c2*15-11-14-9-5-4-8-13(14)10-12-6-2-1-3-7-12;1-2;/h1-9,15H,10-11H2;1-9,11H,10H2;1-2H3;1H4/i;;1D;. The van der Waals surface area contributed by atoms with E-state index in [-0.39, 0.29) is 14.0 Å². The summed E-state index contributed by atoms with van der Waals surface area (Å²) in [7, 11) is 0. The van der Waals surface area contributed by atoms with E-state index in [1.165, 1.54) is 16.7 Å². The van der Waals surface area contributed by atoms with E-state index in [0.717, 1.165) is 35.8 Å². The van der Waals surface area contributed by atoms with Gasteiger partial charge in [0.15, 0.2) is 0 Å². The van der Waals surface area contributed by atoms with Crippen LogP contribution in [0.2, 0.25) is 0 Å². The molecule has 4 aromatic carbocycles. The summed E-state index contributed by atoms with van der Waals surface area (Å²) in [6.45, 7) is 2.41. The first kappa shape index (κ1) is 25.8. The van der Waals surface area contributed by atoms with Crippen LogP contribution in [0.25, 0.3) is 0 Å². The molecule has 0 radical (unpaired) electrons. The molecule has 0 aliphatic rings. The summed E-state index contributed by atoms with van der Waals surface area (Å²) in [6, 6.07) is 36.2. The Morgan fingerprint density at radius 2 is 1.06 bits per heavy atom. The van der Waals surface area contributed by atoms with E-state index >= 15 is 0 Å². The highest BCUT2D eigenvalue weighted by Crippen LogP contribution is 2.14. The van der Waals surface area contributed by atoms with Gasteiger partial charge in [-0.3, -0.25) is 4.79 Å². The molecule has 0 atom stereocenters. The topological polar surface area (TPSA) is 37.3 Å². The second kappa shape index (κ2) is 16.2. The first-order valence-corrected chi connectivity index (χ1v) is 10.8. The third kappa shape index (κ3) is 9.26. The minimum atomic E-state index is 0. The van der Waals surface area contributed by atoms with Crippen molar-refractivity contribution < 1.29 is 11.3 Å². The number of aliphatic hydroxyl groups is 1. The lowest BCUT2D eigenvalue weighted by Gasteiger charge is -2.06. The molecule has 33 heavy (non-hydrogen) atoms. The van der Waals surface area contributed by atoms with Crippen LogP contribution in [0.4, 0.5) is 0 Å². The second-order valence-corrected chi connectivity index (χ2v) is 7.07. The number of aldehydes is 1. The number of carbonyl (C=O) groups excluding carboxylic acids is 1.